The van der Waals surface area contributed by atoms with Crippen LogP contribution in [-0.4, -0.2) is 21.1 Å². The van der Waals surface area contributed by atoms with E-state index in [2.05, 4.69) is 4.98 Å². The number of para-hydroxylation sites is 2. The molecule has 0 atom stereocenters. The first kappa shape index (κ1) is 12.9. The van der Waals surface area contributed by atoms with Crippen molar-refractivity contribution in [3.8, 4) is 17.4 Å². The van der Waals surface area contributed by atoms with Crippen LogP contribution in [0.2, 0.25) is 0 Å². The quantitative estimate of drug-likeness (QED) is 0.611. The molecule has 0 aliphatic rings. The summed E-state index contributed by atoms with van der Waals surface area (Å²) in [5, 5.41) is 10.9. The number of hydrogen-bond donors (Lipinski definition) is 0. The van der Waals surface area contributed by atoms with Crippen molar-refractivity contribution >= 4 is 5.82 Å². The molecule has 0 aliphatic heterocycles. The summed E-state index contributed by atoms with van der Waals surface area (Å²) in [6.07, 6.45) is 1.33. The number of ether oxygens (including phenoxy) is 2. The zero-order chi connectivity index (χ0) is 13.8. The standard InChI is InChI=1S/C12H13N3O4/c1-3-18-9-6-4-5-7-10(9)19-12-11(15(16)17)13-8-14(12)2/h4-8H,3H2,1-2H3. The lowest BCUT2D eigenvalue weighted by Gasteiger charge is -2.10. The normalized spacial score (nSPS) is 10.2. The van der Waals surface area contributed by atoms with Crippen molar-refractivity contribution in [1.82, 2.24) is 9.55 Å². The van der Waals surface area contributed by atoms with E-state index in [1.54, 1.807) is 31.3 Å². The number of aromatic nitrogens is 2. The average molecular weight is 263 g/mol. The summed E-state index contributed by atoms with van der Waals surface area (Å²) in [5.74, 6) is 0.683. The van der Waals surface area contributed by atoms with Gasteiger partial charge in [-0.1, -0.05) is 12.1 Å². The number of nitro groups is 1. The van der Waals surface area contributed by atoms with Gasteiger partial charge in [-0.2, -0.15) is 0 Å². The van der Waals surface area contributed by atoms with Crippen LogP contribution in [-0.2, 0) is 7.05 Å². The predicted octanol–water partition coefficient (Wildman–Crippen LogP) is 2.52. The molecule has 7 nitrogen and oxygen atoms in total. The van der Waals surface area contributed by atoms with Gasteiger partial charge in [0, 0.05) is 7.05 Å². The van der Waals surface area contributed by atoms with Gasteiger partial charge in [0.05, 0.1) is 6.61 Å². The molecule has 19 heavy (non-hydrogen) atoms. The minimum Gasteiger partial charge on any atom is -0.490 e. The lowest BCUT2D eigenvalue weighted by atomic mass is 10.3. The number of imidazole rings is 1. The lowest BCUT2D eigenvalue weighted by molar-refractivity contribution is -0.390. The van der Waals surface area contributed by atoms with E-state index >= 15 is 0 Å². The van der Waals surface area contributed by atoms with Gasteiger partial charge in [0.25, 0.3) is 0 Å². The fraction of sp³-hybridized carbons (Fsp3) is 0.250. The first-order valence-electron chi connectivity index (χ1n) is 5.69. The molecule has 0 unspecified atom stereocenters. The Morgan fingerprint density at radius 3 is 2.68 bits per heavy atom. The summed E-state index contributed by atoms with van der Waals surface area (Å²) < 4.78 is 12.4. The third kappa shape index (κ3) is 2.65. The average Bonchev–Trinajstić information content (AvgIpc) is 2.74. The van der Waals surface area contributed by atoms with E-state index < -0.39 is 4.92 Å². The molecule has 0 radical (unpaired) electrons. The van der Waals surface area contributed by atoms with Crippen molar-refractivity contribution in [3.05, 3.63) is 40.7 Å². The summed E-state index contributed by atoms with van der Waals surface area (Å²) in [6, 6.07) is 6.98. The van der Waals surface area contributed by atoms with Crippen LogP contribution in [0.1, 0.15) is 6.92 Å². The minimum atomic E-state index is -0.585. The van der Waals surface area contributed by atoms with Crippen LogP contribution >= 0.6 is 0 Å². The maximum absolute atomic E-state index is 10.9. The van der Waals surface area contributed by atoms with E-state index in [0.717, 1.165) is 0 Å². The highest BCUT2D eigenvalue weighted by Crippen LogP contribution is 2.34. The molecule has 1 heterocycles. The van der Waals surface area contributed by atoms with Gasteiger partial charge < -0.3 is 19.6 Å². The van der Waals surface area contributed by atoms with Crippen LogP contribution < -0.4 is 9.47 Å². The highest BCUT2D eigenvalue weighted by Gasteiger charge is 2.23. The summed E-state index contributed by atoms with van der Waals surface area (Å²) in [6.45, 7) is 2.33. The third-order valence-corrected chi connectivity index (χ3v) is 2.39. The Morgan fingerprint density at radius 1 is 1.37 bits per heavy atom. The Bertz CT molecular complexity index is 594. The van der Waals surface area contributed by atoms with Gasteiger partial charge in [-0.3, -0.25) is 4.57 Å². The maximum Gasteiger partial charge on any atom is 0.427 e. The van der Waals surface area contributed by atoms with Crippen molar-refractivity contribution in [2.45, 2.75) is 6.92 Å². The second-order valence-electron chi connectivity index (χ2n) is 3.72. The molecule has 7 heteroatoms. The van der Waals surface area contributed by atoms with E-state index in [1.807, 2.05) is 6.92 Å². The van der Waals surface area contributed by atoms with Crippen molar-refractivity contribution in [3.63, 3.8) is 0 Å². The zero-order valence-corrected chi connectivity index (χ0v) is 10.6. The SMILES string of the molecule is CCOc1ccccc1Oc1c([N+](=O)[O-])ncn1C. The topological polar surface area (TPSA) is 79.4 Å². The molecule has 1 aromatic carbocycles. The number of benzene rings is 1. The zero-order valence-electron chi connectivity index (χ0n) is 10.6. The number of nitrogens with zero attached hydrogens (tertiary/aromatic N) is 3. The maximum atomic E-state index is 10.9. The van der Waals surface area contributed by atoms with Crippen LogP contribution in [0.25, 0.3) is 0 Å². The molecule has 1 aromatic heterocycles. The van der Waals surface area contributed by atoms with Crippen molar-refractivity contribution in [2.75, 3.05) is 6.61 Å². The summed E-state index contributed by atoms with van der Waals surface area (Å²) in [7, 11) is 1.62. The first-order valence-corrected chi connectivity index (χ1v) is 5.69. The molecule has 0 aliphatic carbocycles. The van der Waals surface area contributed by atoms with Crippen LogP contribution in [0.5, 0.6) is 17.4 Å². The van der Waals surface area contributed by atoms with Gasteiger partial charge in [-0.05, 0) is 29.0 Å². The van der Waals surface area contributed by atoms with Crippen LogP contribution in [0.3, 0.4) is 0 Å². The van der Waals surface area contributed by atoms with Gasteiger partial charge in [-0.15, -0.1) is 0 Å². The van der Waals surface area contributed by atoms with E-state index in [-0.39, 0.29) is 11.7 Å². The minimum absolute atomic E-state index is 0.0668. The van der Waals surface area contributed by atoms with Crippen molar-refractivity contribution in [1.29, 1.82) is 0 Å². The Kier molecular flexibility index (Phi) is 3.65. The highest BCUT2D eigenvalue weighted by molar-refractivity contribution is 5.45. The Hall–Kier alpha value is -2.57. The molecule has 2 aromatic rings. The highest BCUT2D eigenvalue weighted by atomic mass is 16.6. The molecule has 0 saturated heterocycles. The molecule has 0 N–H and O–H groups in total. The second-order valence-corrected chi connectivity index (χ2v) is 3.72. The van der Waals surface area contributed by atoms with Gasteiger partial charge in [0.2, 0.25) is 6.33 Å². The van der Waals surface area contributed by atoms with Crippen molar-refractivity contribution in [2.24, 2.45) is 7.05 Å². The summed E-state index contributed by atoms with van der Waals surface area (Å²) in [4.78, 5) is 14.0. The second kappa shape index (κ2) is 5.38. The molecule has 0 fully saturated rings. The molecule has 0 spiro atoms. The van der Waals surface area contributed by atoms with Gasteiger partial charge >= 0.3 is 11.7 Å². The van der Waals surface area contributed by atoms with Gasteiger partial charge in [0.15, 0.2) is 11.5 Å². The van der Waals surface area contributed by atoms with Crippen LogP contribution in [0.15, 0.2) is 30.6 Å². The number of aryl methyl sites for hydroxylation is 1. The first-order chi connectivity index (χ1) is 9.13. The fourth-order valence-corrected chi connectivity index (χ4v) is 1.56. The van der Waals surface area contributed by atoms with E-state index in [1.165, 1.54) is 10.9 Å². The molecule has 2 rings (SSSR count). The Balaban J connectivity index is 2.36. The van der Waals surface area contributed by atoms with E-state index in [9.17, 15) is 10.1 Å². The molecule has 100 valence electrons. The summed E-state index contributed by atoms with van der Waals surface area (Å²) in [5.41, 5.74) is 0. The van der Waals surface area contributed by atoms with Gasteiger partial charge in [-0.25, -0.2) is 0 Å². The number of rotatable bonds is 5. The molecule has 0 bridgehead atoms. The smallest absolute Gasteiger partial charge is 0.427 e. The fourth-order valence-electron chi connectivity index (χ4n) is 1.56. The molecular weight excluding hydrogens is 250 g/mol. The predicted molar refractivity (Wildman–Crippen MR) is 67.5 cm³/mol. The largest absolute Gasteiger partial charge is 0.490 e. The molecule has 0 saturated carbocycles. The summed E-state index contributed by atoms with van der Waals surface area (Å²) >= 11 is 0. The lowest BCUT2D eigenvalue weighted by Crippen LogP contribution is -1.99. The monoisotopic (exact) mass is 263 g/mol. The Labute approximate surface area is 109 Å². The number of hydrogen-bond acceptors (Lipinski definition) is 5. The Morgan fingerprint density at radius 2 is 2.05 bits per heavy atom. The molecule has 0 amide bonds. The van der Waals surface area contributed by atoms with Crippen LogP contribution in [0, 0.1) is 10.1 Å². The van der Waals surface area contributed by atoms with Crippen molar-refractivity contribution < 1.29 is 14.4 Å². The van der Waals surface area contributed by atoms with E-state index in [0.29, 0.717) is 18.1 Å². The van der Waals surface area contributed by atoms with Gasteiger partial charge in [0.1, 0.15) is 0 Å². The van der Waals surface area contributed by atoms with Crippen LogP contribution in [0.4, 0.5) is 5.82 Å². The molecular formula is C12H13N3O4. The third-order valence-electron chi connectivity index (χ3n) is 2.39. The van der Waals surface area contributed by atoms with E-state index in [4.69, 9.17) is 9.47 Å².